The van der Waals surface area contributed by atoms with Crippen LogP contribution in [0.1, 0.15) is 65.3 Å². The number of nitrogens with zero attached hydrogens (tertiary/aromatic N) is 3. The number of rotatable bonds is 9. The maximum Gasteiger partial charge on any atom is 0.257 e. The molecule has 3 heterocycles. The molecule has 3 N–H and O–H groups in total. The van der Waals surface area contributed by atoms with E-state index >= 15 is 4.39 Å². The van der Waals surface area contributed by atoms with E-state index in [0.717, 1.165) is 25.9 Å². The van der Waals surface area contributed by atoms with Crippen molar-refractivity contribution in [2.24, 2.45) is 17.1 Å². The Kier molecular flexibility index (Phi) is 7.99. The third kappa shape index (κ3) is 5.28. The molecule has 1 aliphatic carbocycles. The van der Waals surface area contributed by atoms with E-state index in [-0.39, 0.29) is 30.2 Å². The van der Waals surface area contributed by atoms with Crippen LogP contribution in [0.25, 0.3) is 0 Å². The third-order valence-corrected chi connectivity index (χ3v) is 10.1. The number of benzene rings is 2. The van der Waals surface area contributed by atoms with E-state index in [0.29, 0.717) is 39.7 Å². The monoisotopic (exact) mass is 640 g/mol. The summed E-state index contributed by atoms with van der Waals surface area (Å²) >= 11 is 12.3. The van der Waals surface area contributed by atoms with Crippen LogP contribution in [0.3, 0.4) is 0 Å². The molecular formula is C33H35Cl2FN4O4. The summed E-state index contributed by atoms with van der Waals surface area (Å²) in [4.78, 5) is 34.9. The molecule has 232 valence electrons. The molecule has 2 amide bonds. The average molecular weight is 642 g/mol. The highest BCUT2D eigenvalue weighted by Crippen LogP contribution is 2.53. The highest BCUT2D eigenvalue weighted by molar-refractivity contribution is 6.30. The summed E-state index contributed by atoms with van der Waals surface area (Å²) in [6.45, 7) is 3.12. The molecule has 2 aromatic carbocycles. The van der Waals surface area contributed by atoms with Crippen LogP contribution >= 0.6 is 23.2 Å². The minimum absolute atomic E-state index is 0.00184. The number of fused-ring (bicyclic) bond motifs is 1. The van der Waals surface area contributed by atoms with E-state index in [4.69, 9.17) is 33.7 Å². The summed E-state index contributed by atoms with van der Waals surface area (Å²) in [5, 5.41) is 12.7. The molecule has 2 atom stereocenters. The molecule has 1 aromatic heterocycles. The van der Waals surface area contributed by atoms with Crippen LogP contribution in [0.2, 0.25) is 10.0 Å². The Labute approximate surface area is 265 Å². The molecule has 11 heteroatoms. The lowest BCUT2D eigenvalue weighted by Gasteiger charge is -2.40. The first-order chi connectivity index (χ1) is 20.9. The standard InChI is InChI=1S/C33H35Cl2FN4O4/c1-31(43,20-9-13-39(2)14-10-20)22-15-26-28(27(36)16-22)33(21-3-5-23(34)6-4-21,44-19-32(11-12-32)30(37)42)40(29(26)41)18-25-8-7-24(35)17-38-25/h3-8,15-17,20,43H,9-14,18-19H2,1-2H3,(H2,37,42)/t31?,33-/m1/s1. The number of aromatic nitrogens is 1. The molecule has 2 aliphatic heterocycles. The highest BCUT2D eigenvalue weighted by Gasteiger charge is 2.58. The molecule has 0 bridgehead atoms. The number of halogens is 3. The lowest BCUT2D eigenvalue weighted by Crippen LogP contribution is -2.48. The number of primary amides is 1. The van der Waals surface area contributed by atoms with Crippen molar-refractivity contribution in [3.8, 4) is 0 Å². The molecule has 44 heavy (non-hydrogen) atoms. The zero-order valence-corrected chi connectivity index (χ0v) is 26.2. The number of nitrogens with two attached hydrogens (primary N) is 1. The molecule has 3 aromatic rings. The van der Waals surface area contributed by atoms with Crippen molar-refractivity contribution in [1.82, 2.24) is 14.8 Å². The molecule has 0 radical (unpaired) electrons. The van der Waals surface area contributed by atoms with Gasteiger partial charge in [0, 0.05) is 16.8 Å². The Bertz CT molecular complexity index is 1590. The topological polar surface area (TPSA) is 109 Å². The molecule has 3 aliphatic rings. The Morgan fingerprint density at radius 2 is 1.80 bits per heavy atom. The normalized spacial score (nSPS) is 23.0. The van der Waals surface area contributed by atoms with Gasteiger partial charge in [0.1, 0.15) is 5.82 Å². The largest absolute Gasteiger partial charge is 0.385 e. The van der Waals surface area contributed by atoms with Gasteiger partial charge in [-0.1, -0.05) is 35.3 Å². The predicted octanol–water partition coefficient (Wildman–Crippen LogP) is 5.22. The maximum absolute atomic E-state index is 16.8. The fourth-order valence-corrected chi connectivity index (χ4v) is 6.79. The lowest BCUT2D eigenvalue weighted by molar-refractivity contribution is -0.142. The number of amides is 2. The Morgan fingerprint density at radius 1 is 1.14 bits per heavy atom. The predicted molar refractivity (Wildman–Crippen MR) is 164 cm³/mol. The second-order valence-electron chi connectivity index (χ2n) is 12.5. The van der Waals surface area contributed by atoms with Gasteiger partial charge in [0.2, 0.25) is 5.91 Å². The summed E-state index contributed by atoms with van der Waals surface area (Å²) < 4.78 is 23.4. The first kappa shape index (κ1) is 30.9. The SMILES string of the molecule is CN1CCC(C(C)(O)c2cc(F)c3c(c2)C(=O)N(Cc2ccc(Cl)cn2)[C@@]3(OCC2(C(N)=O)CC2)c2ccc(Cl)cc2)CC1. The summed E-state index contributed by atoms with van der Waals surface area (Å²) in [5.74, 6) is -1.84. The van der Waals surface area contributed by atoms with Crippen molar-refractivity contribution in [3.05, 3.63) is 98.5 Å². The van der Waals surface area contributed by atoms with Crippen molar-refractivity contribution in [2.45, 2.75) is 50.5 Å². The zero-order chi connectivity index (χ0) is 31.4. The smallest absolute Gasteiger partial charge is 0.257 e. The van der Waals surface area contributed by atoms with E-state index in [2.05, 4.69) is 9.88 Å². The van der Waals surface area contributed by atoms with Crippen molar-refractivity contribution in [1.29, 1.82) is 0 Å². The quantitative estimate of drug-likeness (QED) is 0.332. The minimum Gasteiger partial charge on any atom is -0.385 e. The van der Waals surface area contributed by atoms with Crippen LogP contribution in [0, 0.1) is 17.2 Å². The number of carbonyl (C=O) groups excluding carboxylic acids is 2. The number of likely N-dealkylation sites (tertiary alicyclic amines) is 1. The van der Waals surface area contributed by atoms with E-state index < -0.39 is 34.4 Å². The number of hydrogen-bond acceptors (Lipinski definition) is 6. The molecule has 8 nitrogen and oxygen atoms in total. The lowest BCUT2D eigenvalue weighted by atomic mass is 9.76. The van der Waals surface area contributed by atoms with Crippen molar-refractivity contribution >= 4 is 35.0 Å². The first-order valence-corrected chi connectivity index (χ1v) is 15.5. The molecular weight excluding hydrogens is 606 g/mol. The third-order valence-electron chi connectivity index (χ3n) is 9.66. The fraction of sp³-hybridized carbons (Fsp3) is 0.424. The van der Waals surface area contributed by atoms with Gasteiger partial charge in [0.15, 0.2) is 5.72 Å². The number of ether oxygens (including phenoxy) is 1. The van der Waals surface area contributed by atoms with Gasteiger partial charge in [-0.05, 0) is 101 Å². The van der Waals surface area contributed by atoms with Gasteiger partial charge in [-0.15, -0.1) is 0 Å². The number of hydrogen-bond donors (Lipinski definition) is 2. The van der Waals surface area contributed by atoms with Crippen LogP contribution in [0.4, 0.5) is 4.39 Å². The van der Waals surface area contributed by atoms with E-state index in [1.165, 1.54) is 17.2 Å². The van der Waals surface area contributed by atoms with Gasteiger partial charge in [0.25, 0.3) is 5.91 Å². The molecule has 1 unspecified atom stereocenters. The number of aliphatic hydroxyl groups is 1. The molecule has 1 saturated carbocycles. The van der Waals surface area contributed by atoms with Gasteiger partial charge >= 0.3 is 0 Å². The van der Waals surface area contributed by atoms with Crippen molar-refractivity contribution in [3.63, 3.8) is 0 Å². The fourth-order valence-electron chi connectivity index (χ4n) is 6.55. The van der Waals surface area contributed by atoms with Crippen LogP contribution in [-0.2, 0) is 27.4 Å². The summed E-state index contributed by atoms with van der Waals surface area (Å²) in [7, 11) is 2.03. The van der Waals surface area contributed by atoms with E-state index in [1.54, 1.807) is 49.4 Å². The number of piperidine rings is 1. The Morgan fingerprint density at radius 3 is 2.39 bits per heavy atom. The van der Waals surface area contributed by atoms with Crippen molar-refractivity contribution < 1.29 is 23.8 Å². The maximum atomic E-state index is 16.8. The molecule has 1 saturated heterocycles. The Hall–Kier alpha value is -3.08. The summed E-state index contributed by atoms with van der Waals surface area (Å²) in [5.41, 5.74) is 3.00. The Balaban J connectivity index is 1.52. The summed E-state index contributed by atoms with van der Waals surface area (Å²) in [6.07, 6.45) is 3.99. The first-order valence-electron chi connectivity index (χ1n) is 14.8. The number of pyridine rings is 1. The van der Waals surface area contributed by atoms with Crippen LogP contribution in [-0.4, -0.2) is 58.4 Å². The minimum atomic E-state index is -1.79. The second-order valence-corrected chi connectivity index (χ2v) is 13.4. The number of carbonyl (C=O) groups is 2. The van der Waals surface area contributed by atoms with E-state index in [1.807, 2.05) is 7.05 Å². The zero-order valence-electron chi connectivity index (χ0n) is 24.7. The van der Waals surface area contributed by atoms with E-state index in [9.17, 15) is 14.7 Å². The van der Waals surface area contributed by atoms with Gasteiger partial charge < -0.3 is 20.5 Å². The van der Waals surface area contributed by atoms with Gasteiger partial charge in [-0.3, -0.25) is 19.5 Å². The van der Waals surface area contributed by atoms with Gasteiger partial charge in [0.05, 0.1) is 46.0 Å². The molecule has 0 spiro atoms. The van der Waals surface area contributed by atoms with Gasteiger partial charge in [-0.2, -0.15) is 0 Å². The van der Waals surface area contributed by atoms with Gasteiger partial charge in [-0.25, -0.2) is 4.39 Å². The summed E-state index contributed by atoms with van der Waals surface area (Å²) in [6, 6.07) is 12.9. The molecule has 6 rings (SSSR count). The highest BCUT2D eigenvalue weighted by atomic mass is 35.5. The molecule has 2 fully saturated rings. The van der Waals surface area contributed by atoms with Crippen LogP contribution < -0.4 is 5.73 Å². The van der Waals surface area contributed by atoms with Crippen molar-refractivity contribution in [2.75, 3.05) is 26.7 Å². The average Bonchev–Trinajstić information content (AvgIpc) is 3.76. The van der Waals surface area contributed by atoms with Crippen LogP contribution in [0.5, 0.6) is 0 Å². The second kappa shape index (κ2) is 11.4. The van der Waals surface area contributed by atoms with Crippen LogP contribution in [0.15, 0.2) is 54.7 Å².